The van der Waals surface area contributed by atoms with Crippen LogP contribution in [-0.4, -0.2) is 18.0 Å². The third kappa shape index (κ3) is 3.08. The number of aromatic nitrogens is 1. The molecule has 1 atom stereocenters. The Balaban J connectivity index is 1.77. The summed E-state index contributed by atoms with van der Waals surface area (Å²) < 4.78 is 5.19. The number of methoxy groups -OCH3 is 1. The van der Waals surface area contributed by atoms with Gasteiger partial charge in [-0.05, 0) is 42.8 Å². The maximum atomic E-state index is 12.4. The van der Waals surface area contributed by atoms with E-state index in [9.17, 15) is 4.79 Å². The fourth-order valence-corrected chi connectivity index (χ4v) is 2.56. The number of nitrogens with one attached hydrogen (secondary N) is 2. The predicted molar refractivity (Wildman–Crippen MR) is 91.9 cm³/mol. The molecule has 0 saturated carbocycles. The van der Waals surface area contributed by atoms with Gasteiger partial charge in [0.05, 0.1) is 24.8 Å². The fourth-order valence-electron chi connectivity index (χ4n) is 2.56. The highest BCUT2D eigenvalue weighted by atomic mass is 16.5. The maximum Gasteiger partial charge on any atom is 0.268 e. The highest BCUT2D eigenvalue weighted by Crippen LogP contribution is 2.22. The van der Waals surface area contributed by atoms with Gasteiger partial charge in [-0.1, -0.05) is 12.1 Å². The average Bonchev–Trinajstić information content (AvgIpc) is 3.05. The van der Waals surface area contributed by atoms with Crippen molar-refractivity contribution in [2.24, 2.45) is 0 Å². The lowest BCUT2D eigenvalue weighted by atomic mass is 10.1. The number of H-pyrrole nitrogens is 1. The monoisotopic (exact) mass is 319 g/mol. The number of hydrogen-bond donors (Lipinski definition) is 2. The molecule has 0 radical (unpaired) electrons. The minimum Gasteiger partial charge on any atom is -0.497 e. The molecule has 3 rings (SSSR count). The number of aromatic amines is 1. The number of nitrogens with zero attached hydrogens (tertiary/aromatic N) is 1. The Morgan fingerprint density at radius 3 is 2.62 bits per heavy atom. The molecule has 0 aliphatic heterocycles. The third-order valence-corrected chi connectivity index (χ3v) is 3.96. The van der Waals surface area contributed by atoms with Crippen LogP contribution in [0.3, 0.4) is 0 Å². The van der Waals surface area contributed by atoms with E-state index in [-0.39, 0.29) is 11.9 Å². The van der Waals surface area contributed by atoms with Crippen molar-refractivity contribution >= 4 is 16.8 Å². The van der Waals surface area contributed by atoms with E-state index in [2.05, 4.69) is 16.4 Å². The second kappa shape index (κ2) is 6.47. The van der Waals surface area contributed by atoms with Gasteiger partial charge in [-0.2, -0.15) is 5.26 Å². The smallest absolute Gasteiger partial charge is 0.268 e. The maximum absolute atomic E-state index is 12.4. The summed E-state index contributed by atoms with van der Waals surface area (Å²) in [4.78, 5) is 15.6. The van der Waals surface area contributed by atoms with Gasteiger partial charge >= 0.3 is 0 Å². The number of fused-ring (bicyclic) bond motifs is 1. The van der Waals surface area contributed by atoms with Crippen molar-refractivity contribution in [3.05, 3.63) is 65.4 Å². The highest BCUT2D eigenvalue weighted by molar-refractivity contribution is 5.98. The molecule has 24 heavy (non-hydrogen) atoms. The van der Waals surface area contributed by atoms with Crippen LogP contribution in [0.2, 0.25) is 0 Å². The number of rotatable bonds is 4. The second-order valence-electron chi connectivity index (χ2n) is 5.57. The molecule has 120 valence electrons. The van der Waals surface area contributed by atoms with E-state index in [1.165, 1.54) is 0 Å². The Labute approximate surface area is 139 Å². The summed E-state index contributed by atoms with van der Waals surface area (Å²) in [5.41, 5.74) is 2.89. The van der Waals surface area contributed by atoms with Crippen LogP contribution in [0.25, 0.3) is 10.9 Å². The molecule has 0 aliphatic rings. The Morgan fingerprint density at radius 2 is 1.96 bits per heavy atom. The molecule has 2 aromatic carbocycles. The van der Waals surface area contributed by atoms with Crippen LogP contribution >= 0.6 is 0 Å². The Morgan fingerprint density at radius 1 is 1.21 bits per heavy atom. The van der Waals surface area contributed by atoms with Crippen LogP contribution in [0.1, 0.15) is 34.6 Å². The molecule has 1 aromatic heterocycles. The first-order valence-corrected chi connectivity index (χ1v) is 7.58. The fraction of sp³-hybridized carbons (Fsp3) is 0.158. The number of ether oxygens (including phenoxy) is 1. The lowest BCUT2D eigenvalue weighted by Gasteiger charge is -2.13. The molecule has 1 heterocycles. The average molecular weight is 319 g/mol. The first kappa shape index (κ1) is 15.6. The van der Waals surface area contributed by atoms with Crippen molar-refractivity contribution < 1.29 is 9.53 Å². The van der Waals surface area contributed by atoms with Crippen molar-refractivity contribution in [2.75, 3.05) is 7.11 Å². The zero-order valence-corrected chi connectivity index (χ0v) is 13.5. The summed E-state index contributed by atoms with van der Waals surface area (Å²) in [6, 6.07) is 16.5. The molecule has 5 heteroatoms. The Kier molecular flexibility index (Phi) is 4.21. The number of carbonyl (C=O) groups is 1. The predicted octanol–water partition coefficient (Wildman–Crippen LogP) is 3.54. The second-order valence-corrected chi connectivity index (χ2v) is 5.57. The van der Waals surface area contributed by atoms with E-state index in [1.807, 2.05) is 43.3 Å². The van der Waals surface area contributed by atoms with Gasteiger partial charge in [0.15, 0.2) is 0 Å². The van der Waals surface area contributed by atoms with E-state index in [0.717, 1.165) is 22.2 Å². The van der Waals surface area contributed by atoms with Gasteiger partial charge < -0.3 is 15.0 Å². The van der Waals surface area contributed by atoms with Gasteiger partial charge in [-0.3, -0.25) is 4.79 Å². The van der Waals surface area contributed by atoms with E-state index in [4.69, 9.17) is 10.00 Å². The summed E-state index contributed by atoms with van der Waals surface area (Å²) in [6.45, 7) is 1.91. The summed E-state index contributed by atoms with van der Waals surface area (Å²) in [5, 5.41) is 12.7. The molecule has 1 unspecified atom stereocenters. The topological polar surface area (TPSA) is 77.9 Å². The van der Waals surface area contributed by atoms with Crippen molar-refractivity contribution in [3.63, 3.8) is 0 Å². The number of amides is 1. The summed E-state index contributed by atoms with van der Waals surface area (Å²) in [6.07, 6.45) is 0. The molecule has 0 bridgehead atoms. The van der Waals surface area contributed by atoms with Crippen LogP contribution < -0.4 is 10.1 Å². The van der Waals surface area contributed by atoms with Crippen molar-refractivity contribution in [2.45, 2.75) is 13.0 Å². The van der Waals surface area contributed by atoms with Crippen molar-refractivity contribution in [1.29, 1.82) is 5.26 Å². The quantitative estimate of drug-likeness (QED) is 0.772. The van der Waals surface area contributed by atoms with Gasteiger partial charge in [-0.15, -0.1) is 0 Å². The normalized spacial score (nSPS) is 11.7. The largest absolute Gasteiger partial charge is 0.497 e. The van der Waals surface area contributed by atoms with Gasteiger partial charge in [0.2, 0.25) is 0 Å². The molecular formula is C19H17N3O2. The van der Waals surface area contributed by atoms with Gasteiger partial charge in [0.25, 0.3) is 5.91 Å². The molecule has 2 N–H and O–H groups in total. The van der Waals surface area contributed by atoms with Crippen molar-refractivity contribution in [3.8, 4) is 11.8 Å². The number of hydrogen-bond acceptors (Lipinski definition) is 3. The molecular weight excluding hydrogens is 302 g/mol. The summed E-state index contributed by atoms with van der Waals surface area (Å²) in [7, 11) is 1.61. The summed E-state index contributed by atoms with van der Waals surface area (Å²) >= 11 is 0. The van der Waals surface area contributed by atoms with Crippen LogP contribution in [-0.2, 0) is 0 Å². The van der Waals surface area contributed by atoms with E-state index >= 15 is 0 Å². The number of nitriles is 1. The first-order valence-electron chi connectivity index (χ1n) is 7.58. The standard InChI is InChI=1S/C19H17N3O2/c1-12(14-5-3-13(11-20)4-6-14)21-19(23)18-9-15-7-8-16(24-2)10-17(15)22-18/h3-10,12,22H,1-2H3,(H,21,23). The third-order valence-electron chi connectivity index (χ3n) is 3.96. The van der Waals surface area contributed by atoms with E-state index < -0.39 is 0 Å². The van der Waals surface area contributed by atoms with E-state index in [1.54, 1.807) is 19.2 Å². The van der Waals surface area contributed by atoms with Crippen molar-refractivity contribution in [1.82, 2.24) is 10.3 Å². The van der Waals surface area contributed by atoms with Gasteiger partial charge in [0.1, 0.15) is 11.4 Å². The van der Waals surface area contributed by atoms with Crippen LogP contribution in [0.5, 0.6) is 5.75 Å². The minimum absolute atomic E-state index is 0.161. The Hall–Kier alpha value is -3.26. The lowest BCUT2D eigenvalue weighted by molar-refractivity contribution is 0.0935. The molecule has 1 amide bonds. The zero-order chi connectivity index (χ0) is 17.1. The number of benzene rings is 2. The molecule has 5 nitrogen and oxygen atoms in total. The van der Waals surface area contributed by atoms with Gasteiger partial charge in [0, 0.05) is 17.0 Å². The molecule has 3 aromatic rings. The minimum atomic E-state index is -0.179. The number of carbonyl (C=O) groups excluding carboxylic acids is 1. The van der Waals surface area contributed by atoms with Crippen LogP contribution in [0, 0.1) is 11.3 Å². The van der Waals surface area contributed by atoms with Crippen LogP contribution in [0.15, 0.2) is 48.5 Å². The van der Waals surface area contributed by atoms with Gasteiger partial charge in [-0.25, -0.2) is 0 Å². The Bertz CT molecular complexity index is 920. The molecule has 0 saturated heterocycles. The zero-order valence-electron chi connectivity index (χ0n) is 13.5. The molecule has 0 fully saturated rings. The summed E-state index contributed by atoms with van der Waals surface area (Å²) in [5.74, 6) is 0.560. The first-order chi connectivity index (χ1) is 11.6. The lowest BCUT2D eigenvalue weighted by Crippen LogP contribution is -2.26. The molecule has 0 spiro atoms. The van der Waals surface area contributed by atoms with E-state index in [0.29, 0.717) is 11.3 Å². The molecule has 0 aliphatic carbocycles. The SMILES string of the molecule is COc1ccc2cc(C(=O)NC(C)c3ccc(C#N)cc3)[nH]c2c1. The van der Waals surface area contributed by atoms with Crippen LogP contribution in [0.4, 0.5) is 0 Å². The highest BCUT2D eigenvalue weighted by Gasteiger charge is 2.14.